The molecule has 1 aliphatic carbocycles. The standard InChI is InChI=1S/C23H23ClN6O2/c24-17-10-13(2-6-16(17)23(32)28-15-4-5-15)20-12-27-22-21(26-8-1-9-31)29-18-11-14(25)3-7-19(18)30(20)22/h2-3,6-7,10-12,15,31H,1,4-5,8-9,25H2,(H,26,29)(H,28,32). The highest BCUT2D eigenvalue weighted by atomic mass is 35.5. The second-order valence-corrected chi connectivity index (χ2v) is 8.36. The normalized spacial score (nSPS) is 13.6. The number of nitrogens with one attached hydrogen (secondary N) is 2. The van der Waals surface area contributed by atoms with E-state index in [9.17, 15) is 4.79 Å². The monoisotopic (exact) mass is 450 g/mol. The van der Waals surface area contributed by atoms with E-state index >= 15 is 0 Å². The van der Waals surface area contributed by atoms with E-state index in [-0.39, 0.29) is 18.6 Å². The highest BCUT2D eigenvalue weighted by Crippen LogP contribution is 2.32. The lowest BCUT2D eigenvalue weighted by Crippen LogP contribution is -2.25. The molecular weight excluding hydrogens is 428 g/mol. The fourth-order valence-corrected chi connectivity index (χ4v) is 3.98. The average molecular weight is 451 g/mol. The maximum absolute atomic E-state index is 12.4. The zero-order valence-electron chi connectivity index (χ0n) is 17.3. The Morgan fingerprint density at radius 3 is 2.84 bits per heavy atom. The van der Waals surface area contributed by atoms with Crippen molar-refractivity contribution >= 4 is 45.7 Å². The average Bonchev–Trinajstić information content (AvgIpc) is 3.47. The highest BCUT2D eigenvalue weighted by Gasteiger charge is 2.25. The Morgan fingerprint density at radius 2 is 2.09 bits per heavy atom. The lowest BCUT2D eigenvalue weighted by atomic mass is 10.1. The third kappa shape index (κ3) is 3.83. The number of nitrogens with zero attached hydrogens (tertiary/aromatic N) is 3. The minimum Gasteiger partial charge on any atom is -0.399 e. The van der Waals surface area contributed by atoms with Crippen molar-refractivity contribution < 1.29 is 9.90 Å². The van der Waals surface area contributed by atoms with Crippen molar-refractivity contribution in [2.24, 2.45) is 0 Å². The number of anilines is 2. The first-order valence-electron chi connectivity index (χ1n) is 10.6. The van der Waals surface area contributed by atoms with Gasteiger partial charge in [0.15, 0.2) is 11.5 Å². The Hall–Kier alpha value is -3.36. The Morgan fingerprint density at radius 1 is 1.25 bits per heavy atom. The molecule has 2 aromatic carbocycles. The molecule has 5 N–H and O–H groups in total. The van der Waals surface area contributed by atoms with Gasteiger partial charge in [0.25, 0.3) is 5.91 Å². The van der Waals surface area contributed by atoms with Crippen LogP contribution in [0.3, 0.4) is 0 Å². The Bertz CT molecular complexity index is 1330. The number of rotatable bonds is 7. The number of aliphatic hydroxyl groups excluding tert-OH is 1. The van der Waals surface area contributed by atoms with Crippen LogP contribution < -0.4 is 16.4 Å². The van der Waals surface area contributed by atoms with E-state index in [4.69, 9.17) is 27.4 Å². The molecule has 164 valence electrons. The topological polar surface area (TPSA) is 118 Å². The molecule has 0 atom stereocenters. The molecule has 4 aromatic rings. The van der Waals surface area contributed by atoms with Crippen LogP contribution in [0.25, 0.3) is 27.9 Å². The van der Waals surface area contributed by atoms with Crippen LogP contribution in [0.15, 0.2) is 42.6 Å². The first-order valence-corrected chi connectivity index (χ1v) is 10.9. The van der Waals surface area contributed by atoms with Crippen molar-refractivity contribution in [1.82, 2.24) is 19.7 Å². The summed E-state index contributed by atoms with van der Waals surface area (Å²) in [5.41, 5.74) is 10.9. The number of hydrogen-bond donors (Lipinski definition) is 4. The minimum atomic E-state index is -0.150. The minimum absolute atomic E-state index is 0.0860. The maximum Gasteiger partial charge on any atom is 0.253 e. The number of carbonyl (C=O) groups is 1. The molecule has 2 aromatic heterocycles. The van der Waals surface area contributed by atoms with Gasteiger partial charge >= 0.3 is 0 Å². The lowest BCUT2D eigenvalue weighted by molar-refractivity contribution is 0.0951. The largest absolute Gasteiger partial charge is 0.399 e. The Labute approximate surface area is 189 Å². The van der Waals surface area contributed by atoms with E-state index in [2.05, 4.69) is 15.6 Å². The molecule has 0 saturated heterocycles. The molecule has 0 radical (unpaired) electrons. The predicted molar refractivity (Wildman–Crippen MR) is 126 cm³/mol. The van der Waals surface area contributed by atoms with Crippen LogP contribution in [0.1, 0.15) is 29.6 Å². The number of carbonyl (C=O) groups excluding carboxylic acids is 1. The number of fused-ring (bicyclic) bond motifs is 3. The molecule has 8 nitrogen and oxygen atoms in total. The lowest BCUT2D eigenvalue weighted by Gasteiger charge is -2.12. The number of amides is 1. The van der Waals surface area contributed by atoms with Crippen LogP contribution in [-0.2, 0) is 0 Å². The van der Waals surface area contributed by atoms with Gasteiger partial charge in [-0.3, -0.25) is 9.20 Å². The summed E-state index contributed by atoms with van der Waals surface area (Å²) in [5.74, 6) is 0.456. The van der Waals surface area contributed by atoms with Crippen LogP contribution in [0.4, 0.5) is 11.5 Å². The summed E-state index contributed by atoms with van der Waals surface area (Å²) in [4.78, 5) is 21.7. The summed E-state index contributed by atoms with van der Waals surface area (Å²) in [6, 6.07) is 11.2. The van der Waals surface area contributed by atoms with Crippen molar-refractivity contribution in [1.29, 1.82) is 0 Å². The first kappa shape index (κ1) is 20.5. The molecule has 0 bridgehead atoms. The third-order valence-corrected chi connectivity index (χ3v) is 5.81. The van der Waals surface area contributed by atoms with Gasteiger partial charge in [-0.2, -0.15) is 0 Å². The number of benzene rings is 2. The molecule has 0 spiro atoms. The van der Waals surface area contributed by atoms with Crippen molar-refractivity contribution in [3.05, 3.63) is 53.2 Å². The molecule has 0 unspecified atom stereocenters. The SMILES string of the molecule is Nc1ccc2c(c1)nc(NCCCO)c1ncc(-c3ccc(C(=O)NC4CC4)c(Cl)c3)n12. The maximum atomic E-state index is 12.4. The number of aromatic nitrogens is 3. The van der Waals surface area contributed by atoms with Crippen molar-refractivity contribution in [2.45, 2.75) is 25.3 Å². The molecule has 2 heterocycles. The zero-order chi connectivity index (χ0) is 22.2. The molecule has 5 rings (SSSR count). The smallest absolute Gasteiger partial charge is 0.253 e. The fourth-order valence-electron chi connectivity index (χ4n) is 3.71. The number of imidazole rings is 1. The molecule has 1 aliphatic rings. The van der Waals surface area contributed by atoms with Crippen molar-refractivity contribution in [3.63, 3.8) is 0 Å². The molecule has 1 amide bonds. The second kappa shape index (κ2) is 8.29. The Balaban J connectivity index is 1.62. The molecule has 9 heteroatoms. The second-order valence-electron chi connectivity index (χ2n) is 7.96. The van der Waals surface area contributed by atoms with E-state index in [1.54, 1.807) is 18.3 Å². The van der Waals surface area contributed by atoms with Crippen molar-refractivity contribution in [3.8, 4) is 11.3 Å². The van der Waals surface area contributed by atoms with Crippen LogP contribution in [0.5, 0.6) is 0 Å². The number of halogens is 1. The molecular formula is C23H23ClN6O2. The number of hydrogen-bond acceptors (Lipinski definition) is 6. The highest BCUT2D eigenvalue weighted by molar-refractivity contribution is 6.34. The van der Waals surface area contributed by atoms with Gasteiger partial charge in [-0.25, -0.2) is 9.97 Å². The van der Waals surface area contributed by atoms with Gasteiger partial charge < -0.3 is 21.5 Å². The molecule has 1 saturated carbocycles. The first-order chi connectivity index (χ1) is 15.5. The number of aliphatic hydroxyl groups is 1. The van der Waals surface area contributed by atoms with Gasteiger partial charge in [-0.15, -0.1) is 0 Å². The summed E-state index contributed by atoms with van der Waals surface area (Å²) in [6.07, 6.45) is 4.39. The van der Waals surface area contributed by atoms with E-state index in [0.29, 0.717) is 40.7 Å². The van der Waals surface area contributed by atoms with Crippen LogP contribution in [0.2, 0.25) is 5.02 Å². The predicted octanol–water partition coefficient (Wildman–Crippen LogP) is 3.47. The zero-order valence-corrected chi connectivity index (χ0v) is 18.1. The van der Waals surface area contributed by atoms with Gasteiger partial charge in [0, 0.05) is 30.4 Å². The summed E-state index contributed by atoms with van der Waals surface area (Å²) in [7, 11) is 0. The van der Waals surface area contributed by atoms with Gasteiger partial charge in [0.1, 0.15) is 0 Å². The summed E-state index contributed by atoms with van der Waals surface area (Å²) in [5, 5.41) is 15.7. The number of nitrogen functional groups attached to an aromatic ring is 1. The van der Waals surface area contributed by atoms with E-state index in [1.807, 2.05) is 28.7 Å². The van der Waals surface area contributed by atoms with Gasteiger partial charge in [-0.1, -0.05) is 17.7 Å². The van der Waals surface area contributed by atoms with Crippen LogP contribution in [-0.4, -0.2) is 44.6 Å². The Kier molecular flexibility index (Phi) is 5.32. The van der Waals surface area contributed by atoms with Crippen LogP contribution >= 0.6 is 11.6 Å². The summed E-state index contributed by atoms with van der Waals surface area (Å²) >= 11 is 6.50. The quantitative estimate of drug-likeness (QED) is 0.253. The molecule has 1 fully saturated rings. The third-order valence-electron chi connectivity index (χ3n) is 5.50. The summed E-state index contributed by atoms with van der Waals surface area (Å²) < 4.78 is 2.00. The molecule has 0 aliphatic heterocycles. The van der Waals surface area contributed by atoms with Crippen LogP contribution in [0, 0.1) is 0 Å². The van der Waals surface area contributed by atoms with Gasteiger partial charge in [0.2, 0.25) is 0 Å². The molecule has 32 heavy (non-hydrogen) atoms. The summed E-state index contributed by atoms with van der Waals surface area (Å²) in [6.45, 7) is 0.647. The van der Waals surface area contributed by atoms with E-state index in [1.165, 1.54) is 0 Å². The van der Waals surface area contributed by atoms with Gasteiger partial charge in [-0.05, 0) is 49.6 Å². The van der Waals surface area contributed by atoms with E-state index in [0.717, 1.165) is 35.1 Å². The number of nitrogens with two attached hydrogens (primary N) is 1. The van der Waals surface area contributed by atoms with Gasteiger partial charge in [0.05, 0.1) is 33.5 Å². The fraction of sp³-hybridized carbons (Fsp3) is 0.261. The van der Waals surface area contributed by atoms with E-state index < -0.39 is 0 Å². The van der Waals surface area contributed by atoms with Crippen molar-refractivity contribution in [2.75, 3.05) is 24.2 Å².